The molecule has 100 valence electrons. The summed E-state index contributed by atoms with van der Waals surface area (Å²) in [5, 5.41) is 3.49. The smallest absolute Gasteiger partial charge is 0.0480 e. The highest BCUT2D eigenvalue weighted by Crippen LogP contribution is 2.14. The van der Waals surface area contributed by atoms with Crippen molar-refractivity contribution in [2.45, 2.75) is 31.3 Å². The summed E-state index contributed by atoms with van der Waals surface area (Å²) in [5.41, 5.74) is 0. The average molecular weight is 241 g/mol. The van der Waals surface area contributed by atoms with E-state index in [1.165, 1.54) is 32.4 Å². The number of ether oxygens (including phenoxy) is 1. The molecule has 0 spiro atoms. The molecule has 2 saturated heterocycles. The minimum atomic E-state index is 0.714. The maximum atomic E-state index is 5.42. The molecular weight excluding hydrogens is 214 g/mol. The molecule has 1 atom stereocenters. The van der Waals surface area contributed by atoms with E-state index in [-0.39, 0.29) is 0 Å². The number of rotatable bonds is 4. The first-order chi connectivity index (χ1) is 8.27. The molecule has 2 fully saturated rings. The summed E-state index contributed by atoms with van der Waals surface area (Å²) in [4.78, 5) is 5.03. The predicted octanol–water partition coefficient (Wildman–Crippen LogP) is 0.391. The molecule has 0 aromatic carbocycles. The van der Waals surface area contributed by atoms with Crippen LogP contribution in [0, 0.1) is 0 Å². The van der Waals surface area contributed by atoms with Gasteiger partial charge >= 0.3 is 0 Å². The number of piperazine rings is 1. The summed E-state index contributed by atoms with van der Waals surface area (Å²) in [5.74, 6) is 0. The van der Waals surface area contributed by atoms with Crippen LogP contribution in [-0.2, 0) is 4.74 Å². The molecule has 0 amide bonds. The summed E-state index contributed by atoms with van der Waals surface area (Å²) >= 11 is 0. The van der Waals surface area contributed by atoms with Crippen LogP contribution in [0.1, 0.15) is 19.3 Å². The Morgan fingerprint density at radius 1 is 1.35 bits per heavy atom. The Balaban J connectivity index is 1.69. The van der Waals surface area contributed by atoms with Crippen molar-refractivity contribution in [1.82, 2.24) is 15.1 Å². The Kier molecular flexibility index (Phi) is 5.22. The molecule has 0 aliphatic carbocycles. The van der Waals surface area contributed by atoms with Crippen LogP contribution in [0.4, 0.5) is 0 Å². The first kappa shape index (κ1) is 13.3. The summed E-state index contributed by atoms with van der Waals surface area (Å²) in [6, 6.07) is 1.46. The second-order valence-electron chi connectivity index (χ2n) is 5.45. The molecule has 2 rings (SSSR count). The molecule has 0 radical (unpaired) electrons. The Morgan fingerprint density at radius 2 is 2.12 bits per heavy atom. The minimum absolute atomic E-state index is 0.714. The van der Waals surface area contributed by atoms with Crippen LogP contribution < -0.4 is 5.32 Å². The molecule has 0 aromatic rings. The topological polar surface area (TPSA) is 27.7 Å². The third-order valence-electron chi connectivity index (χ3n) is 4.27. The molecule has 1 unspecified atom stereocenters. The average Bonchev–Trinajstić information content (AvgIpc) is 2.38. The quantitative estimate of drug-likeness (QED) is 0.771. The van der Waals surface area contributed by atoms with E-state index < -0.39 is 0 Å². The van der Waals surface area contributed by atoms with Gasteiger partial charge in [-0.3, -0.25) is 0 Å². The van der Waals surface area contributed by atoms with E-state index in [4.69, 9.17) is 4.74 Å². The lowest BCUT2D eigenvalue weighted by Crippen LogP contribution is -2.50. The zero-order chi connectivity index (χ0) is 12.1. The fourth-order valence-corrected chi connectivity index (χ4v) is 2.85. The van der Waals surface area contributed by atoms with E-state index in [0.717, 1.165) is 32.3 Å². The van der Waals surface area contributed by atoms with E-state index in [1.54, 1.807) is 0 Å². The van der Waals surface area contributed by atoms with Crippen molar-refractivity contribution < 1.29 is 4.74 Å². The van der Waals surface area contributed by atoms with Crippen LogP contribution in [0.15, 0.2) is 0 Å². The third-order valence-corrected chi connectivity index (χ3v) is 4.27. The second kappa shape index (κ2) is 6.69. The van der Waals surface area contributed by atoms with E-state index >= 15 is 0 Å². The van der Waals surface area contributed by atoms with Crippen LogP contribution >= 0.6 is 0 Å². The molecule has 4 nitrogen and oxygen atoms in total. The van der Waals surface area contributed by atoms with Crippen molar-refractivity contribution in [2.24, 2.45) is 0 Å². The normalized spacial score (nSPS) is 28.8. The van der Waals surface area contributed by atoms with Gasteiger partial charge in [-0.1, -0.05) is 0 Å². The van der Waals surface area contributed by atoms with E-state index in [9.17, 15) is 0 Å². The number of hydrogen-bond acceptors (Lipinski definition) is 4. The summed E-state index contributed by atoms with van der Waals surface area (Å²) < 4.78 is 5.42. The fraction of sp³-hybridized carbons (Fsp3) is 1.00. The van der Waals surface area contributed by atoms with E-state index in [1.807, 2.05) is 0 Å². The third kappa shape index (κ3) is 3.91. The number of hydrogen-bond donors (Lipinski definition) is 1. The van der Waals surface area contributed by atoms with Crippen LogP contribution in [-0.4, -0.2) is 75.4 Å². The van der Waals surface area contributed by atoms with Gasteiger partial charge in [-0.2, -0.15) is 0 Å². The SMILES string of the molecule is CN(CCC1CNCCN1C)C1CCOCC1. The Bertz CT molecular complexity index is 219. The molecule has 2 aliphatic rings. The van der Waals surface area contributed by atoms with Crippen LogP contribution in [0.3, 0.4) is 0 Å². The van der Waals surface area contributed by atoms with Crippen molar-refractivity contribution in [3.8, 4) is 0 Å². The Morgan fingerprint density at radius 3 is 2.82 bits per heavy atom. The molecule has 4 heteroatoms. The number of likely N-dealkylation sites (N-methyl/N-ethyl adjacent to an activating group) is 1. The lowest BCUT2D eigenvalue weighted by molar-refractivity contribution is 0.0396. The zero-order valence-electron chi connectivity index (χ0n) is 11.3. The van der Waals surface area contributed by atoms with Crippen LogP contribution in [0.25, 0.3) is 0 Å². The van der Waals surface area contributed by atoms with Crippen molar-refractivity contribution in [1.29, 1.82) is 0 Å². The second-order valence-corrected chi connectivity index (χ2v) is 5.45. The van der Waals surface area contributed by atoms with Gasteiger partial charge in [0.1, 0.15) is 0 Å². The highest BCUT2D eigenvalue weighted by Gasteiger charge is 2.22. The van der Waals surface area contributed by atoms with Crippen molar-refractivity contribution >= 4 is 0 Å². The van der Waals surface area contributed by atoms with Gasteiger partial charge in [0.05, 0.1) is 0 Å². The zero-order valence-corrected chi connectivity index (χ0v) is 11.3. The van der Waals surface area contributed by atoms with E-state index in [0.29, 0.717) is 6.04 Å². The van der Waals surface area contributed by atoms with Gasteiger partial charge in [-0.25, -0.2) is 0 Å². The molecular formula is C13H27N3O. The van der Waals surface area contributed by atoms with Crippen molar-refractivity contribution in [3.63, 3.8) is 0 Å². The molecule has 1 N–H and O–H groups in total. The molecule has 0 bridgehead atoms. The molecule has 2 heterocycles. The van der Waals surface area contributed by atoms with Gasteiger partial charge in [-0.15, -0.1) is 0 Å². The maximum Gasteiger partial charge on any atom is 0.0480 e. The van der Waals surface area contributed by atoms with Gasteiger partial charge in [0.2, 0.25) is 0 Å². The predicted molar refractivity (Wildman–Crippen MR) is 70.4 cm³/mol. The fourth-order valence-electron chi connectivity index (χ4n) is 2.85. The van der Waals surface area contributed by atoms with Gasteiger partial charge < -0.3 is 19.9 Å². The standard InChI is InChI=1S/C13H27N3O/c1-15(12-4-9-17-10-5-12)7-3-13-11-14-6-8-16(13)2/h12-14H,3-11H2,1-2H3. The van der Waals surface area contributed by atoms with Gasteiger partial charge in [0.25, 0.3) is 0 Å². The van der Waals surface area contributed by atoms with Crippen LogP contribution in [0.5, 0.6) is 0 Å². The summed E-state index contributed by atoms with van der Waals surface area (Å²) in [6.07, 6.45) is 3.68. The van der Waals surface area contributed by atoms with Crippen molar-refractivity contribution in [2.75, 3.05) is 53.5 Å². The van der Waals surface area contributed by atoms with Gasteiger partial charge in [0, 0.05) is 44.9 Å². The monoisotopic (exact) mass is 241 g/mol. The van der Waals surface area contributed by atoms with Gasteiger partial charge in [0.15, 0.2) is 0 Å². The molecule has 0 aromatic heterocycles. The number of nitrogens with zero attached hydrogens (tertiary/aromatic N) is 2. The summed E-state index contributed by atoms with van der Waals surface area (Å²) in [6.45, 7) is 6.58. The highest BCUT2D eigenvalue weighted by molar-refractivity contribution is 4.79. The summed E-state index contributed by atoms with van der Waals surface area (Å²) in [7, 11) is 4.52. The lowest BCUT2D eigenvalue weighted by Gasteiger charge is -2.36. The largest absolute Gasteiger partial charge is 0.381 e. The lowest BCUT2D eigenvalue weighted by atomic mass is 10.1. The van der Waals surface area contributed by atoms with Gasteiger partial charge in [-0.05, 0) is 39.9 Å². The van der Waals surface area contributed by atoms with Crippen LogP contribution in [0.2, 0.25) is 0 Å². The first-order valence-corrected chi connectivity index (χ1v) is 6.96. The Labute approximate surface area is 105 Å². The molecule has 2 aliphatic heterocycles. The minimum Gasteiger partial charge on any atom is -0.381 e. The van der Waals surface area contributed by atoms with E-state index in [2.05, 4.69) is 29.2 Å². The molecule has 17 heavy (non-hydrogen) atoms. The van der Waals surface area contributed by atoms with Crippen molar-refractivity contribution in [3.05, 3.63) is 0 Å². The Hall–Kier alpha value is -0.160. The maximum absolute atomic E-state index is 5.42. The highest BCUT2D eigenvalue weighted by atomic mass is 16.5. The first-order valence-electron chi connectivity index (χ1n) is 6.96. The number of nitrogens with one attached hydrogen (secondary N) is 1. The molecule has 0 saturated carbocycles.